The molecule has 0 spiro atoms. The van der Waals surface area contributed by atoms with Crippen molar-refractivity contribution in [2.75, 3.05) is 18.5 Å². The normalized spacial score (nSPS) is 13.9. The van der Waals surface area contributed by atoms with Crippen LogP contribution in [0.15, 0.2) is 70.0 Å². The highest BCUT2D eigenvalue weighted by Crippen LogP contribution is 2.38. The topological polar surface area (TPSA) is 109 Å². The van der Waals surface area contributed by atoms with Crippen LogP contribution in [0.4, 0.5) is 14.9 Å². The van der Waals surface area contributed by atoms with Crippen molar-refractivity contribution in [2.24, 2.45) is 0 Å². The van der Waals surface area contributed by atoms with Crippen LogP contribution in [-0.2, 0) is 16.2 Å². The van der Waals surface area contributed by atoms with Gasteiger partial charge in [-0.05, 0) is 66.7 Å². The van der Waals surface area contributed by atoms with E-state index in [1.165, 1.54) is 24.3 Å². The van der Waals surface area contributed by atoms with Crippen molar-refractivity contribution < 1.29 is 28.2 Å². The monoisotopic (exact) mass is 609 g/mol. The molecule has 0 aromatic heterocycles. The second kappa shape index (κ2) is 12.6. The van der Waals surface area contributed by atoms with Crippen LogP contribution in [0, 0.1) is 17.1 Å². The number of amides is 3. The number of rotatable bonds is 9. The van der Waals surface area contributed by atoms with Crippen molar-refractivity contribution in [1.29, 1.82) is 5.26 Å². The number of hydrogen-bond acceptors (Lipinski definition) is 7. The maximum atomic E-state index is 13.4. The smallest absolute Gasteiger partial charge is 0.294 e. The number of imide groups is 1. The zero-order valence-corrected chi connectivity index (χ0v) is 23.0. The van der Waals surface area contributed by atoms with E-state index in [1.807, 2.05) is 13.0 Å². The Morgan fingerprint density at radius 3 is 2.64 bits per heavy atom. The number of ether oxygens (including phenoxy) is 2. The highest BCUT2D eigenvalue weighted by atomic mass is 79.9. The number of nitrogens with zero attached hydrogens (tertiary/aromatic N) is 2. The zero-order valence-electron chi connectivity index (χ0n) is 20.6. The molecule has 0 bridgehead atoms. The van der Waals surface area contributed by atoms with Gasteiger partial charge in [-0.2, -0.15) is 5.26 Å². The van der Waals surface area contributed by atoms with E-state index < -0.39 is 29.4 Å². The quantitative estimate of drug-likeness (QED) is 0.291. The van der Waals surface area contributed by atoms with Gasteiger partial charge in [0, 0.05) is 15.7 Å². The number of thioether (sulfide) groups is 1. The first-order valence-corrected chi connectivity index (χ1v) is 13.3. The Balaban J connectivity index is 1.51. The minimum absolute atomic E-state index is 0.123. The first-order chi connectivity index (χ1) is 18.8. The number of anilines is 1. The SMILES string of the molecule is CCOc1cc(/C=C2/SC(=O)N(CC(=O)Nc3cccc(F)c3)C2=O)c(Br)cc1OCc1ccccc1C#N. The lowest BCUT2D eigenvalue weighted by atomic mass is 10.1. The molecule has 39 heavy (non-hydrogen) atoms. The molecule has 1 N–H and O–H groups in total. The van der Waals surface area contributed by atoms with Crippen molar-refractivity contribution in [3.05, 3.63) is 92.5 Å². The molecule has 0 aliphatic carbocycles. The third-order valence-corrected chi connectivity index (χ3v) is 7.05. The second-order valence-corrected chi connectivity index (χ2v) is 9.99. The molecule has 4 rings (SSSR count). The molecule has 0 saturated carbocycles. The number of carbonyl (C=O) groups excluding carboxylic acids is 3. The molecule has 1 fully saturated rings. The van der Waals surface area contributed by atoms with Gasteiger partial charge in [0.1, 0.15) is 19.0 Å². The Morgan fingerprint density at radius 1 is 1.13 bits per heavy atom. The van der Waals surface area contributed by atoms with Gasteiger partial charge < -0.3 is 14.8 Å². The molecular weight excluding hydrogens is 589 g/mol. The van der Waals surface area contributed by atoms with Gasteiger partial charge in [0.25, 0.3) is 11.1 Å². The van der Waals surface area contributed by atoms with Gasteiger partial charge in [0.15, 0.2) is 11.5 Å². The molecule has 3 aromatic carbocycles. The van der Waals surface area contributed by atoms with Crippen LogP contribution >= 0.6 is 27.7 Å². The van der Waals surface area contributed by atoms with Crippen LogP contribution in [0.2, 0.25) is 0 Å². The summed E-state index contributed by atoms with van der Waals surface area (Å²) in [7, 11) is 0. The molecule has 1 aliphatic rings. The maximum absolute atomic E-state index is 13.4. The number of halogens is 2. The summed E-state index contributed by atoms with van der Waals surface area (Å²) in [6, 6.07) is 17.9. The Kier molecular flexibility index (Phi) is 9.01. The van der Waals surface area contributed by atoms with Crippen molar-refractivity contribution in [2.45, 2.75) is 13.5 Å². The summed E-state index contributed by atoms with van der Waals surface area (Å²) in [5.41, 5.74) is 2.00. The summed E-state index contributed by atoms with van der Waals surface area (Å²) < 4.78 is 25.6. The van der Waals surface area contributed by atoms with Crippen molar-refractivity contribution in [3.8, 4) is 17.6 Å². The molecule has 3 aromatic rings. The Hall–Kier alpha value is -4.14. The van der Waals surface area contributed by atoms with Gasteiger partial charge in [-0.3, -0.25) is 19.3 Å². The average Bonchev–Trinajstić information content (AvgIpc) is 3.17. The second-order valence-electron chi connectivity index (χ2n) is 8.14. The Morgan fingerprint density at radius 2 is 1.90 bits per heavy atom. The molecule has 0 atom stereocenters. The number of benzene rings is 3. The summed E-state index contributed by atoms with van der Waals surface area (Å²) in [6.07, 6.45) is 1.52. The maximum Gasteiger partial charge on any atom is 0.294 e. The molecule has 11 heteroatoms. The van der Waals surface area contributed by atoms with E-state index in [9.17, 15) is 24.0 Å². The van der Waals surface area contributed by atoms with Crippen LogP contribution in [-0.4, -0.2) is 35.1 Å². The van der Waals surface area contributed by atoms with Crippen molar-refractivity contribution >= 4 is 56.5 Å². The minimum Gasteiger partial charge on any atom is -0.490 e. The standard InChI is InChI=1S/C28H21BrFN3O5S/c1-2-37-23-10-19(22(29)13-24(23)38-16-18-7-4-3-6-17(18)14-31)11-25-27(35)33(28(36)39-25)15-26(34)32-21-9-5-8-20(30)12-21/h3-13H,2,15-16H2,1H3,(H,32,34)/b25-11+. The highest BCUT2D eigenvalue weighted by Gasteiger charge is 2.36. The number of nitrogens with one attached hydrogen (secondary N) is 1. The van der Waals surface area contributed by atoms with Crippen molar-refractivity contribution in [3.63, 3.8) is 0 Å². The number of hydrogen-bond donors (Lipinski definition) is 1. The van der Waals surface area contributed by atoms with Crippen LogP contribution in [0.1, 0.15) is 23.6 Å². The first kappa shape index (κ1) is 27.9. The van der Waals surface area contributed by atoms with Crippen LogP contribution in [0.5, 0.6) is 11.5 Å². The Bertz CT molecular complexity index is 1520. The number of carbonyl (C=O) groups is 3. The first-order valence-electron chi connectivity index (χ1n) is 11.7. The van der Waals surface area contributed by atoms with Crippen LogP contribution in [0.3, 0.4) is 0 Å². The van der Waals surface area contributed by atoms with E-state index >= 15 is 0 Å². The molecule has 8 nitrogen and oxygen atoms in total. The predicted molar refractivity (Wildman–Crippen MR) is 149 cm³/mol. The lowest BCUT2D eigenvalue weighted by Gasteiger charge is -2.15. The van der Waals surface area contributed by atoms with E-state index in [-0.39, 0.29) is 17.2 Å². The predicted octanol–water partition coefficient (Wildman–Crippen LogP) is 6.11. The molecule has 3 amide bonds. The molecule has 1 saturated heterocycles. The van der Waals surface area contributed by atoms with Gasteiger partial charge in [-0.1, -0.05) is 40.2 Å². The fourth-order valence-electron chi connectivity index (χ4n) is 3.64. The summed E-state index contributed by atoms with van der Waals surface area (Å²) in [5, 5.41) is 11.2. The van der Waals surface area contributed by atoms with Crippen LogP contribution < -0.4 is 14.8 Å². The molecule has 198 valence electrons. The van der Waals surface area contributed by atoms with E-state index in [2.05, 4.69) is 27.3 Å². The van der Waals surface area contributed by atoms with Crippen LogP contribution in [0.25, 0.3) is 6.08 Å². The average molecular weight is 610 g/mol. The zero-order chi connectivity index (χ0) is 27.9. The molecule has 0 radical (unpaired) electrons. The molecular formula is C28H21BrFN3O5S. The third kappa shape index (κ3) is 6.85. The Labute approximate surface area is 236 Å². The summed E-state index contributed by atoms with van der Waals surface area (Å²) in [5.74, 6) is -0.950. The fraction of sp³-hybridized carbons (Fsp3) is 0.143. The van der Waals surface area contributed by atoms with Gasteiger partial charge in [-0.25, -0.2) is 4.39 Å². The van der Waals surface area contributed by atoms with Gasteiger partial charge >= 0.3 is 0 Å². The third-order valence-electron chi connectivity index (χ3n) is 5.45. The van der Waals surface area contributed by atoms with Gasteiger partial charge in [0.05, 0.1) is 23.1 Å². The van der Waals surface area contributed by atoms with Gasteiger partial charge in [0.2, 0.25) is 5.91 Å². The highest BCUT2D eigenvalue weighted by molar-refractivity contribution is 9.10. The largest absolute Gasteiger partial charge is 0.490 e. The van der Waals surface area contributed by atoms with Crippen molar-refractivity contribution in [1.82, 2.24) is 4.90 Å². The van der Waals surface area contributed by atoms with E-state index in [4.69, 9.17) is 9.47 Å². The fourth-order valence-corrected chi connectivity index (χ4v) is 4.91. The van der Waals surface area contributed by atoms with E-state index in [0.29, 0.717) is 45.5 Å². The van der Waals surface area contributed by atoms with E-state index in [1.54, 1.807) is 30.3 Å². The van der Waals surface area contributed by atoms with Gasteiger partial charge in [-0.15, -0.1) is 0 Å². The molecule has 1 heterocycles. The number of nitriles is 1. The molecule has 0 unspecified atom stereocenters. The summed E-state index contributed by atoms with van der Waals surface area (Å²) >= 11 is 4.19. The summed E-state index contributed by atoms with van der Waals surface area (Å²) in [6.45, 7) is 1.80. The molecule has 1 aliphatic heterocycles. The summed E-state index contributed by atoms with van der Waals surface area (Å²) in [4.78, 5) is 38.8. The van der Waals surface area contributed by atoms with E-state index in [0.717, 1.165) is 16.5 Å². The minimum atomic E-state index is -0.636. The lowest BCUT2D eigenvalue weighted by molar-refractivity contribution is -0.127. The lowest BCUT2D eigenvalue weighted by Crippen LogP contribution is -2.36.